The summed E-state index contributed by atoms with van der Waals surface area (Å²) in [6.07, 6.45) is 3.75. The molecular formula is C18H23N5O3. The maximum atomic E-state index is 12.4. The minimum absolute atomic E-state index is 0.0212. The summed E-state index contributed by atoms with van der Waals surface area (Å²) < 4.78 is 13.1. The van der Waals surface area contributed by atoms with Crippen LogP contribution in [0.4, 0.5) is 11.6 Å². The fraction of sp³-hybridized carbons (Fsp3) is 0.444. The maximum absolute atomic E-state index is 12.4. The second-order valence-corrected chi connectivity index (χ2v) is 6.51. The molecule has 0 atom stereocenters. The predicted octanol–water partition coefficient (Wildman–Crippen LogP) is 0.952. The van der Waals surface area contributed by atoms with Gasteiger partial charge in [-0.05, 0) is 12.1 Å². The highest BCUT2D eigenvalue weighted by molar-refractivity contribution is 5.92. The lowest BCUT2D eigenvalue weighted by molar-refractivity contribution is -0.117. The number of anilines is 2. The van der Waals surface area contributed by atoms with E-state index in [1.54, 1.807) is 0 Å². The van der Waals surface area contributed by atoms with E-state index < -0.39 is 0 Å². The maximum Gasteiger partial charge on any atom is 0.238 e. The Labute approximate surface area is 152 Å². The molecule has 0 aliphatic carbocycles. The molecule has 2 aliphatic heterocycles. The Morgan fingerprint density at radius 3 is 2.65 bits per heavy atom. The van der Waals surface area contributed by atoms with Gasteiger partial charge in [0.1, 0.15) is 13.2 Å². The van der Waals surface area contributed by atoms with E-state index in [1.807, 2.05) is 42.2 Å². The van der Waals surface area contributed by atoms with Gasteiger partial charge < -0.3 is 24.3 Å². The van der Waals surface area contributed by atoms with Crippen LogP contribution in [0.1, 0.15) is 0 Å². The van der Waals surface area contributed by atoms with Crippen LogP contribution in [0, 0.1) is 0 Å². The number of piperazine rings is 1. The molecule has 0 bridgehead atoms. The number of fused-ring (bicyclic) bond motifs is 1. The summed E-state index contributed by atoms with van der Waals surface area (Å²) in [5.41, 5.74) is 0.728. The van der Waals surface area contributed by atoms with Crippen LogP contribution in [-0.2, 0) is 11.8 Å². The van der Waals surface area contributed by atoms with Gasteiger partial charge in [-0.15, -0.1) is 0 Å². The fourth-order valence-electron chi connectivity index (χ4n) is 3.29. The predicted molar refractivity (Wildman–Crippen MR) is 97.9 cm³/mol. The van der Waals surface area contributed by atoms with Crippen molar-refractivity contribution < 1.29 is 14.3 Å². The average molecular weight is 357 g/mol. The van der Waals surface area contributed by atoms with Crippen molar-refractivity contribution >= 4 is 17.5 Å². The van der Waals surface area contributed by atoms with Crippen LogP contribution in [0.15, 0.2) is 30.6 Å². The third-order valence-electron chi connectivity index (χ3n) is 4.64. The summed E-state index contributed by atoms with van der Waals surface area (Å²) in [6.45, 7) is 4.86. The second-order valence-electron chi connectivity index (χ2n) is 6.51. The van der Waals surface area contributed by atoms with Gasteiger partial charge in [0.15, 0.2) is 11.5 Å². The summed E-state index contributed by atoms with van der Waals surface area (Å²) in [5, 5.41) is 2.94. The zero-order chi connectivity index (χ0) is 17.9. The monoisotopic (exact) mass is 357 g/mol. The first-order valence-corrected chi connectivity index (χ1v) is 8.83. The van der Waals surface area contributed by atoms with E-state index >= 15 is 0 Å². The van der Waals surface area contributed by atoms with Crippen LogP contribution < -0.4 is 19.7 Å². The number of aromatic nitrogens is 2. The van der Waals surface area contributed by atoms with E-state index in [0.717, 1.165) is 43.6 Å². The van der Waals surface area contributed by atoms with Gasteiger partial charge in [0.2, 0.25) is 11.9 Å². The number of hydrogen-bond acceptors (Lipinski definition) is 6. The van der Waals surface area contributed by atoms with Crippen molar-refractivity contribution in [3.63, 3.8) is 0 Å². The first-order chi connectivity index (χ1) is 12.7. The molecule has 0 radical (unpaired) electrons. The highest BCUT2D eigenvalue weighted by atomic mass is 16.6. The molecule has 4 rings (SSSR count). The smallest absolute Gasteiger partial charge is 0.238 e. The van der Waals surface area contributed by atoms with Gasteiger partial charge in [0.25, 0.3) is 0 Å². The zero-order valence-electron chi connectivity index (χ0n) is 14.9. The van der Waals surface area contributed by atoms with Gasteiger partial charge in [-0.25, -0.2) is 4.98 Å². The van der Waals surface area contributed by atoms with E-state index in [-0.39, 0.29) is 5.91 Å². The van der Waals surface area contributed by atoms with E-state index in [2.05, 4.69) is 20.1 Å². The topological polar surface area (TPSA) is 71.9 Å². The number of carbonyl (C=O) groups is 1. The SMILES string of the molecule is Cn1ccnc1N1CCN(CC(=O)Nc2ccc3c(c2)OCCO3)CC1. The third-order valence-corrected chi connectivity index (χ3v) is 4.64. The van der Waals surface area contributed by atoms with Crippen LogP contribution in [0.25, 0.3) is 0 Å². The number of nitrogens with zero attached hydrogens (tertiary/aromatic N) is 4. The highest BCUT2D eigenvalue weighted by Crippen LogP contribution is 2.32. The van der Waals surface area contributed by atoms with Crippen molar-refractivity contribution in [3.8, 4) is 11.5 Å². The Morgan fingerprint density at radius 1 is 1.15 bits per heavy atom. The number of nitrogens with one attached hydrogen (secondary N) is 1. The van der Waals surface area contributed by atoms with E-state index in [0.29, 0.717) is 25.5 Å². The van der Waals surface area contributed by atoms with Crippen molar-refractivity contribution in [1.29, 1.82) is 0 Å². The molecule has 0 spiro atoms. The molecule has 2 aliphatic rings. The number of rotatable bonds is 4. The van der Waals surface area contributed by atoms with Crippen LogP contribution in [0.2, 0.25) is 0 Å². The first kappa shape index (κ1) is 16.7. The van der Waals surface area contributed by atoms with Crippen LogP contribution in [0.3, 0.4) is 0 Å². The van der Waals surface area contributed by atoms with Gasteiger partial charge in [-0.2, -0.15) is 0 Å². The Bertz CT molecular complexity index is 783. The average Bonchev–Trinajstić information content (AvgIpc) is 3.08. The summed E-state index contributed by atoms with van der Waals surface area (Å²) in [4.78, 5) is 21.1. The molecule has 8 nitrogen and oxygen atoms in total. The first-order valence-electron chi connectivity index (χ1n) is 8.83. The second kappa shape index (κ2) is 7.25. The quantitative estimate of drug-likeness (QED) is 0.879. The molecule has 8 heteroatoms. The minimum atomic E-state index is -0.0212. The van der Waals surface area contributed by atoms with Crippen molar-refractivity contribution in [3.05, 3.63) is 30.6 Å². The summed E-state index contributed by atoms with van der Waals surface area (Å²) in [5.74, 6) is 2.36. The Hall–Kier alpha value is -2.74. The lowest BCUT2D eigenvalue weighted by atomic mass is 10.2. The van der Waals surface area contributed by atoms with Gasteiger partial charge in [-0.3, -0.25) is 9.69 Å². The number of amides is 1. The molecule has 1 fully saturated rings. The molecule has 26 heavy (non-hydrogen) atoms. The summed E-state index contributed by atoms with van der Waals surface area (Å²) in [7, 11) is 2.00. The molecule has 3 heterocycles. The van der Waals surface area contributed by atoms with Gasteiger partial charge in [0.05, 0.1) is 6.54 Å². The van der Waals surface area contributed by atoms with Crippen molar-refractivity contribution in [2.75, 3.05) is 56.2 Å². The Kier molecular flexibility index (Phi) is 4.66. The van der Waals surface area contributed by atoms with E-state index in [1.165, 1.54) is 0 Å². The largest absolute Gasteiger partial charge is 0.486 e. The number of aryl methyl sites for hydroxylation is 1. The Morgan fingerprint density at radius 2 is 1.92 bits per heavy atom. The molecule has 0 saturated carbocycles. The van der Waals surface area contributed by atoms with Crippen LogP contribution in [-0.4, -0.2) is 66.3 Å². The number of hydrogen-bond donors (Lipinski definition) is 1. The molecule has 1 amide bonds. The number of imidazole rings is 1. The number of ether oxygens (including phenoxy) is 2. The fourth-order valence-corrected chi connectivity index (χ4v) is 3.29. The molecule has 1 aromatic carbocycles. The van der Waals surface area contributed by atoms with Crippen LogP contribution >= 0.6 is 0 Å². The van der Waals surface area contributed by atoms with Crippen molar-refractivity contribution in [2.45, 2.75) is 0 Å². The number of benzene rings is 1. The molecule has 1 aromatic heterocycles. The molecule has 138 valence electrons. The third kappa shape index (κ3) is 3.60. The van der Waals surface area contributed by atoms with E-state index in [4.69, 9.17) is 9.47 Å². The highest BCUT2D eigenvalue weighted by Gasteiger charge is 2.21. The lowest BCUT2D eigenvalue weighted by Crippen LogP contribution is -2.49. The molecule has 1 saturated heterocycles. The van der Waals surface area contributed by atoms with Crippen LogP contribution in [0.5, 0.6) is 11.5 Å². The van der Waals surface area contributed by atoms with Gasteiger partial charge in [-0.1, -0.05) is 0 Å². The summed E-state index contributed by atoms with van der Waals surface area (Å²) >= 11 is 0. The van der Waals surface area contributed by atoms with Crippen molar-refractivity contribution in [2.24, 2.45) is 7.05 Å². The van der Waals surface area contributed by atoms with Crippen molar-refractivity contribution in [1.82, 2.24) is 14.5 Å². The van der Waals surface area contributed by atoms with Gasteiger partial charge >= 0.3 is 0 Å². The molecular weight excluding hydrogens is 334 g/mol. The van der Waals surface area contributed by atoms with Gasteiger partial charge in [0, 0.05) is 57.4 Å². The molecule has 2 aromatic rings. The molecule has 0 unspecified atom stereocenters. The summed E-state index contributed by atoms with van der Waals surface area (Å²) in [6, 6.07) is 5.48. The number of carbonyl (C=O) groups excluding carboxylic acids is 1. The standard InChI is InChI=1S/C18H23N5O3/c1-21-5-4-19-18(21)23-8-6-22(7-9-23)13-17(24)20-14-2-3-15-16(12-14)26-11-10-25-15/h2-5,12H,6-11,13H2,1H3,(H,20,24). The van der Waals surface area contributed by atoms with E-state index in [9.17, 15) is 4.79 Å². The molecule has 1 N–H and O–H groups in total. The Balaban J connectivity index is 1.28. The zero-order valence-corrected chi connectivity index (χ0v) is 14.9. The lowest BCUT2D eigenvalue weighted by Gasteiger charge is -2.34. The minimum Gasteiger partial charge on any atom is -0.486 e. The normalized spacial score (nSPS) is 17.2.